The van der Waals surface area contributed by atoms with Gasteiger partial charge in [-0.1, -0.05) is 13.3 Å². The maximum Gasteiger partial charge on any atom is 0.221 e. The standard InChI is InChI=1S/C13H26N2O2/c1-2-3-11(7-9-16)10-15-13(17)6-8-14-12-4-5-12/h11-12,14,16H,2-10H2,1H3,(H,15,17). The molecule has 1 aliphatic carbocycles. The highest BCUT2D eigenvalue weighted by Crippen LogP contribution is 2.18. The minimum Gasteiger partial charge on any atom is -0.396 e. The normalized spacial score (nSPS) is 16.8. The number of aliphatic hydroxyl groups is 1. The molecule has 0 aromatic rings. The van der Waals surface area contributed by atoms with Gasteiger partial charge in [-0.25, -0.2) is 0 Å². The average molecular weight is 242 g/mol. The van der Waals surface area contributed by atoms with Crippen LogP contribution in [-0.2, 0) is 4.79 Å². The van der Waals surface area contributed by atoms with Crippen molar-refractivity contribution in [1.29, 1.82) is 0 Å². The molecule has 0 spiro atoms. The first-order valence-electron chi connectivity index (χ1n) is 6.87. The van der Waals surface area contributed by atoms with Crippen LogP contribution >= 0.6 is 0 Å². The number of hydrogen-bond acceptors (Lipinski definition) is 3. The van der Waals surface area contributed by atoms with Gasteiger partial charge in [0, 0.05) is 32.2 Å². The van der Waals surface area contributed by atoms with Crippen molar-refractivity contribution in [3.8, 4) is 0 Å². The van der Waals surface area contributed by atoms with Gasteiger partial charge in [0.15, 0.2) is 0 Å². The van der Waals surface area contributed by atoms with E-state index in [2.05, 4.69) is 17.6 Å². The minimum atomic E-state index is 0.122. The van der Waals surface area contributed by atoms with Gasteiger partial charge in [0.05, 0.1) is 0 Å². The highest BCUT2D eigenvalue weighted by Gasteiger charge is 2.20. The molecule has 1 rings (SSSR count). The van der Waals surface area contributed by atoms with Gasteiger partial charge in [-0.15, -0.1) is 0 Å². The molecule has 1 saturated carbocycles. The number of carbonyl (C=O) groups is 1. The third-order valence-electron chi connectivity index (χ3n) is 3.18. The Morgan fingerprint density at radius 2 is 2.18 bits per heavy atom. The first kappa shape index (κ1) is 14.5. The van der Waals surface area contributed by atoms with Crippen molar-refractivity contribution in [2.75, 3.05) is 19.7 Å². The van der Waals surface area contributed by atoms with Crippen molar-refractivity contribution in [2.45, 2.75) is 51.5 Å². The lowest BCUT2D eigenvalue weighted by molar-refractivity contribution is -0.121. The molecule has 0 saturated heterocycles. The fourth-order valence-corrected chi connectivity index (χ4v) is 1.96. The summed E-state index contributed by atoms with van der Waals surface area (Å²) >= 11 is 0. The number of rotatable bonds is 10. The second-order valence-corrected chi connectivity index (χ2v) is 4.95. The second kappa shape index (κ2) is 8.48. The summed E-state index contributed by atoms with van der Waals surface area (Å²) < 4.78 is 0. The lowest BCUT2D eigenvalue weighted by atomic mass is 10.0. The largest absolute Gasteiger partial charge is 0.396 e. The number of hydrogen-bond donors (Lipinski definition) is 3. The molecule has 0 aliphatic heterocycles. The summed E-state index contributed by atoms with van der Waals surface area (Å²) in [5.41, 5.74) is 0. The van der Waals surface area contributed by atoms with E-state index in [4.69, 9.17) is 5.11 Å². The van der Waals surface area contributed by atoms with Crippen LogP contribution in [0.2, 0.25) is 0 Å². The Balaban J connectivity index is 2.02. The topological polar surface area (TPSA) is 61.4 Å². The number of carbonyl (C=O) groups excluding carboxylic acids is 1. The van der Waals surface area contributed by atoms with Gasteiger partial charge in [-0.3, -0.25) is 4.79 Å². The van der Waals surface area contributed by atoms with Crippen LogP contribution < -0.4 is 10.6 Å². The Bertz CT molecular complexity index is 211. The first-order valence-corrected chi connectivity index (χ1v) is 6.87. The highest BCUT2D eigenvalue weighted by atomic mass is 16.3. The van der Waals surface area contributed by atoms with Gasteiger partial charge >= 0.3 is 0 Å². The molecule has 1 amide bonds. The molecule has 1 aliphatic rings. The average Bonchev–Trinajstić information content (AvgIpc) is 3.10. The highest BCUT2D eigenvalue weighted by molar-refractivity contribution is 5.76. The van der Waals surface area contributed by atoms with Crippen LogP contribution in [0.5, 0.6) is 0 Å². The third kappa shape index (κ3) is 7.34. The molecule has 1 atom stereocenters. The van der Waals surface area contributed by atoms with Gasteiger partial charge < -0.3 is 15.7 Å². The van der Waals surface area contributed by atoms with Crippen LogP contribution in [0.15, 0.2) is 0 Å². The van der Waals surface area contributed by atoms with E-state index in [1.165, 1.54) is 12.8 Å². The Labute approximate surface area is 104 Å². The third-order valence-corrected chi connectivity index (χ3v) is 3.18. The van der Waals surface area contributed by atoms with Gasteiger partial charge in [0.25, 0.3) is 0 Å². The summed E-state index contributed by atoms with van der Waals surface area (Å²) in [7, 11) is 0. The lowest BCUT2D eigenvalue weighted by Gasteiger charge is -2.15. The van der Waals surface area contributed by atoms with E-state index in [1.807, 2.05) is 0 Å². The van der Waals surface area contributed by atoms with Crippen molar-refractivity contribution in [3.63, 3.8) is 0 Å². The lowest BCUT2D eigenvalue weighted by Crippen LogP contribution is -2.32. The van der Waals surface area contributed by atoms with E-state index in [0.29, 0.717) is 24.9 Å². The Hall–Kier alpha value is -0.610. The second-order valence-electron chi connectivity index (χ2n) is 4.95. The van der Waals surface area contributed by atoms with Gasteiger partial charge in [0.1, 0.15) is 0 Å². The van der Waals surface area contributed by atoms with E-state index in [9.17, 15) is 4.79 Å². The van der Waals surface area contributed by atoms with Crippen LogP contribution in [-0.4, -0.2) is 36.8 Å². The molecule has 0 aromatic carbocycles. The molecule has 17 heavy (non-hydrogen) atoms. The monoisotopic (exact) mass is 242 g/mol. The number of aliphatic hydroxyl groups excluding tert-OH is 1. The van der Waals surface area contributed by atoms with Crippen LogP contribution in [0, 0.1) is 5.92 Å². The number of amides is 1. The molecule has 4 nitrogen and oxygen atoms in total. The molecule has 0 heterocycles. The zero-order valence-corrected chi connectivity index (χ0v) is 10.9. The van der Waals surface area contributed by atoms with Crippen molar-refractivity contribution >= 4 is 5.91 Å². The molecule has 3 N–H and O–H groups in total. The molecule has 0 aromatic heterocycles. The van der Waals surface area contributed by atoms with Crippen LogP contribution in [0.3, 0.4) is 0 Å². The summed E-state index contributed by atoms with van der Waals surface area (Å²) in [6.07, 6.45) is 6.04. The summed E-state index contributed by atoms with van der Waals surface area (Å²) in [5, 5.41) is 15.2. The fourth-order valence-electron chi connectivity index (χ4n) is 1.96. The van der Waals surface area contributed by atoms with Crippen LogP contribution in [0.1, 0.15) is 45.4 Å². The van der Waals surface area contributed by atoms with Gasteiger partial charge in [0.2, 0.25) is 5.91 Å². The first-order chi connectivity index (χ1) is 8.26. The summed E-state index contributed by atoms with van der Waals surface area (Å²) in [5.74, 6) is 0.544. The zero-order valence-electron chi connectivity index (χ0n) is 10.9. The molecule has 0 radical (unpaired) electrons. The molecular weight excluding hydrogens is 216 g/mol. The smallest absolute Gasteiger partial charge is 0.221 e. The van der Waals surface area contributed by atoms with E-state index >= 15 is 0 Å². The minimum absolute atomic E-state index is 0.122. The number of nitrogens with one attached hydrogen (secondary N) is 2. The molecule has 1 unspecified atom stereocenters. The molecular formula is C13H26N2O2. The predicted molar refractivity (Wildman–Crippen MR) is 68.8 cm³/mol. The summed E-state index contributed by atoms with van der Waals surface area (Å²) in [6, 6.07) is 0.671. The summed E-state index contributed by atoms with van der Waals surface area (Å²) in [6.45, 7) is 3.83. The van der Waals surface area contributed by atoms with Crippen molar-refractivity contribution in [1.82, 2.24) is 10.6 Å². The van der Waals surface area contributed by atoms with Gasteiger partial charge in [-0.2, -0.15) is 0 Å². The van der Waals surface area contributed by atoms with Crippen molar-refractivity contribution < 1.29 is 9.90 Å². The van der Waals surface area contributed by atoms with E-state index in [-0.39, 0.29) is 12.5 Å². The molecule has 1 fully saturated rings. The maximum absolute atomic E-state index is 11.5. The quantitative estimate of drug-likeness (QED) is 0.536. The Morgan fingerprint density at radius 1 is 1.41 bits per heavy atom. The predicted octanol–water partition coefficient (Wildman–Crippen LogP) is 1.04. The molecule has 100 valence electrons. The fraction of sp³-hybridized carbons (Fsp3) is 0.923. The van der Waals surface area contributed by atoms with Crippen LogP contribution in [0.4, 0.5) is 0 Å². The molecule has 0 bridgehead atoms. The van der Waals surface area contributed by atoms with Crippen molar-refractivity contribution in [3.05, 3.63) is 0 Å². The van der Waals surface area contributed by atoms with E-state index in [0.717, 1.165) is 25.8 Å². The SMILES string of the molecule is CCCC(CCO)CNC(=O)CCNC1CC1. The van der Waals surface area contributed by atoms with E-state index in [1.54, 1.807) is 0 Å². The molecule has 4 heteroatoms. The maximum atomic E-state index is 11.5. The summed E-state index contributed by atoms with van der Waals surface area (Å²) in [4.78, 5) is 11.5. The van der Waals surface area contributed by atoms with Gasteiger partial charge in [-0.05, 0) is 31.6 Å². The Kier molecular flexibility index (Phi) is 7.21. The van der Waals surface area contributed by atoms with Crippen LogP contribution in [0.25, 0.3) is 0 Å². The Morgan fingerprint density at radius 3 is 2.76 bits per heavy atom. The zero-order chi connectivity index (χ0) is 12.5. The van der Waals surface area contributed by atoms with E-state index < -0.39 is 0 Å². The van der Waals surface area contributed by atoms with Crippen molar-refractivity contribution in [2.24, 2.45) is 5.92 Å².